The highest BCUT2D eigenvalue weighted by molar-refractivity contribution is 7.99. The normalized spacial score (nSPS) is 35.5. The van der Waals surface area contributed by atoms with E-state index in [9.17, 15) is 19.5 Å². The number of aromatic nitrogens is 3. The molecule has 9 nitrogen and oxygen atoms in total. The van der Waals surface area contributed by atoms with E-state index in [4.69, 9.17) is 33.7 Å². The van der Waals surface area contributed by atoms with Crippen molar-refractivity contribution in [1.82, 2.24) is 14.8 Å². The molecule has 3 N–H and O–H groups in total. The standard InChI is InChI=1S/C31H38Cl2N4O5S/c1-6-29(4)14-22(30(5)16(2)7-9-31(17(3)25(29)40)10-8-21(38)24(30)31)42-23(39)15-43-28-35-27(34)37(36-28)26(41)18-11-19(32)13-20(33)12-18/h6,11-13,16-17,22,24-25,40H,1,7-10,14-15H2,2-5H3,(H2,34,35,36)/t16-,17+,22-,24+,25+,29-,30+,31+/m1/s1. The predicted octanol–water partition coefficient (Wildman–Crippen LogP) is 5.85. The van der Waals surface area contributed by atoms with Crippen molar-refractivity contribution in [1.29, 1.82) is 0 Å². The van der Waals surface area contributed by atoms with Crippen LogP contribution in [0.3, 0.4) is 0 Å². The average molecular weight is 650 g/mol. The molecule has 0 unspecified atom stereocenters. The first-order valence-corrected chi connectivity index (χ1v) is 16.3. The van der Waals surface area contributed by atoms with Crippen molar-refractivity contribution in [3.63, 3.8) is 0 Å². The van der Waals surface area contributed by atoms with Crippen LogP contribution in [-0.2, 0) is 14.3 Å². The zero-order valence-corrected chi connectivity index (χ0v) is 27.1. The molecular formula is C31H38Cl2N4O5S. The highest BCUT2D eigenvalue weighted by Crippen LogP contribution is 2.68. The van der Waals surface area contributed by atoms with Crippen LogP contribution in [0.5, 0.6) is 0 Å². The summed E-state index contributed by atoms with van der Waals surface area (Å²) in [7, 11) is 0. The second-order valence-corrected chi connectivity index (χ2v) is 14.8. The second-order valence-electron chi connectivity index (χ2n) is 13.0. The third kappa shape index (κ3) is 5.32. The first-order valence-electron chi connectivity index (χ1n) is 14.6. The van der Waals surface area contributed by atoms with Gasteiger partial charge < -0.3 is 15.6 Å². The molecule has 1 aromatic carbocycles. The first kappa shape index (κ1) is 32.0. The van der Waals surface area contributed by atoms with Gasteiger partial charge >= 0.3 is 5.97 Å². The minimum Gasteiger partial charge on any atom is -0.461 e. The van der Waals surface area contributed by atoms with Crippen molar-refractivity contribution >= 4 is 58.6 Å². The van der Waals surface area contributed by atoms with Gasteiger partial charge in [0.05, 0.1) is 11.9 Å². The number of nitrogens with two attached hydrogens (primary N) is 1. The number of ketones is 1. The number of nitrogens with zero attached hydrogens (tertiary/aromatic N) is 3. The molecule has 3 fully saturated rings. The topological polar surface area (TPSA) is 137 Å². The molecule has 3 saturated carbocycles. The average Bonchev–Trinajstić information content (AvgIpc) is 3.51. The van der Waals surface area contributed by atoms with E-state index in [1.807, 2.05) is 6.92 Å². The van der Waals surface area contributed by atoms with E-state index >= 15 is 0 Å². The number of hydrogen-bond donors (Lipinski definition) is 2. The largest absolute Gasteiger partial charge is 0.461 e. The zero-order valence-electron chi connectivity index (χ0n) is 24.8. The van der Waals surface area contributed by atoms with Crippen LogP contribution in [0.15, 0.2) is 36.0 Å². The lowest BCUT2D eigenvalue weighted by molar-refractivity contribution is -0.205. The fourth-order valence-corrected chi connectivity index (χ4v) is 9.27. The number of aliphatic hydroxyl groups excluding tert-OH is 1. The van der Waals surface area contributed by atoms with Crippen molar-refractivity contribution < 1.29 is 24.2 Å². The molecular weight excluding hydrogens is 611 g/mol. The molecule has 1 heterocycles. The Kier molecular flexibility index (Phi) is 8.57. The summed E-state index contributed by atoms with van der Waals surface area (Å²) in [5.41, 5.74) is 4.47. The molecule has 12 heteroatoms. The second kappa shape index (κ2) is 11.5. The molecule has 0 amide bonds. The molecule has 2 bridgehead atoms. The number of benzene rings is 1. The lowest BCUT2D eigenvalue weighted by atomic mass is 9.44. The first-order chi connectivity index (χ1) is 20.2. The number of esters is 1. The van der Waals surface area contributed by atoms with Gasteiger partial charge in [-0.3, -0.25) is 14.4 Å². The van der Waals surface area contributed by atoms with Crippen LogP contribution in [-0.4, -0.2) is 55.5 Å². The lowest BCUT2D eigenvalue weighted by Crippen LogP contribution is -2.63. The van der Waals surface area contributed by atoms with Crippen LogP contribution in [0.1, 0.15) is 70.2 Å². The zero-order chi connectivity index (χ0) is 31.5. The molecule has 0 radical (unpaired) electrons. The molecule has 3 aliphatic rings. The summed E-state index contributed by atoms with van der Waals surface area (Å²) in [6.07, 6.45) is 3.69. The van der Waals surface area contributed by atoms with E-state index in [0.29, 0.717) is 12.8 Å². The fourth-order valence-electron chi connectivity index (χ4n) is 8.13. The maximum Gasteiger partial charge on any atom is 0.316 e. The molecule has 5 rings (SSSR count). The Labute approximate surface area is 265 Å². The maximum atomic E-state index is 13.6. The molecule has 2 aromatic rings. The summed E-state index contributed by atoms with van der Waals surface area (Å²) in [6, 6.07) is 4.40. The van der Waals surface area contributed by atoms with Gasteiger partial charge in [-0.15, -0.1) is 11.7 Å². The molecule has 0 saturated heterocycles. The molecule has 0 spiro atoms. The number of anilines is 1. The monoisotopic (exact) mass is 648 g/mol. The minimum atomic E-state index is -0.741. The van der Waals surface area contributed by atoms with E-state index in [0.717, 1.165) is 35.7 Å². The molecule has 232 valence electrons. The number of hydrogen-bond acceptors (Lipinski definition) is 9. The summed E-state index contributed by atoms with van der Waals surface area (Å²) < 4.78 is 7.19. The maximum absolute atomic E-state index is 13.6. The van der Waals surface area contributed by atoms with Crippen molar-refractivity contribution in [3.8, 4) is 0 Å². The summed E-state index contributed by atoms with van der Waals surface area (Å²) >= 11 is 13.1. The molecule has 0 aliphatic heterocycles. The van der Waals surface area contributed by atoms with Gasteiger partial charge in [-0.05, 0) is 61.1 Å². The third-order valence-electron chi connectivity index (χ3n) is 10.8. The third-order valence-corrected chi connectivity index (χ3v) is 12.1. The number of carbonyl (C=O) groups excluding carboxylic acids is 3. The number of halogens is 2. The lowest BCUT2D eigenvalue weighted by Gasteiger charge is -2.61. The van der Waals surface area contributed by atoms with Gasteiger partial charge in [0.25, 0.3) is 5.91 Å². The molecule has 43 heavy (non-hydrogen) atoms. The van der Waals surface area contributed by atoms with E-state index < -0.39 is 34.9 Å². The van der Waals surface area contributed by atoms with Gasteiger partial charge in [0.1, 0.15) is 11.9 Å². The fraction of sp³-hybridized carbons (Fsp3) is 0.581. The van der Waals surface area contributed by atoms with Crippen LogP contribution >= 0.6 is 35.0 Å². The van der Waals surface area contributed by atoms with Gasteiger partial charge in [-0.2, -0.15) is 9.67 Å². The Balaban J connectivity index is 1.38. The van der Waals surface area contributed by atoms with E-state index in [2.05, 4.69) is 37.4 Å². The smallest absolute Gasteiger partial charge is 0.316 e. The molecule has 8 atom stereocenters. The Morgan fingerprint density at radius 2 is 1.91 bits per heavy atom. The number of nitrogen functional groups attached to an aromatic ring is 1. The quantitative estimate of drug-likeness (QED) is 0.224. The van der Waals surface area contributed by atoms with Crippen molar-refractivity contribution in [2.24, 2.45) is 34.0 Å². The van der Waals surface area contributed by atoms with Crippen molar-refractivity contribution in [2.75, 3.05) is 11.5 Å². The van der Waals surface area contributed by atoms with Gasteiger partial charge in [0, 0.05) is 38.8 Å². The predicted molar refractivity (Wildman–Crippen MR) is 166 cm³/mol. The number of Topliss-reactive ketones (excluding diaryl/α,β-unsaturated/α-hetero) is 1. The number of aliphatic hydroxyl groups is 1. The van der Waals surface area contributed by atoms with Crippen LogP contribution in [0.25, 0.3) is 0 Å². The molecule has 3 aliphatic carbocycles. The molecule has 1 aromatic heterocycles. The number of rotatable bonds is 6. The summed E-state index contributed by atoms with van der Waals surface area (Å²) in [5.74, 6) is -1.48. The minimum absolute atomic E-state index is 0.108. The van der Waals surface area contributed by atoms with Crippen molar-refractivity contribution in [3.05, 3.63) is 46.5 Å². The summed E-state index contributed by atoms with van der Waals surface area (Å²) in [6.45, 7) is 12.3. The highest BCUT2D eigenvalue weighted by atomic mass is 35.5. The van der Waals surface area contributed by atoms with E-state index in [1.165, 1.54) is 18.2 Å². The van der Waals surface area contributed by atoms with Crippen LogP contribution in [0, 0.1) is 34.0 Å². The summed E-state index contributed by atoms with van der Waals surface area (Å²) in [5, 5.41) is 16.6. The highest BCUT2D eigenvalue weighted by Gasteiger charge is 2.68. The number of thioether (sulfide) groups is 1. The van der Waals surface area contributed by atoms with Crippen LogP contribution < -0.4 is 5.73 Å². The summed E-state index contributed by atoms with van der Waals surface area (Å²) in [4.78, 5) is 44.1. The van der Waals surface area contributed by atoms with E-state index in [-0.39, 0.29) is 61.4 Å². The van der Waals surface area contributed by atoms with Gasteiger partial charge in [0.15, 0.2) is 0 Å². The number of ether oxygens (including phenoxy) is 1. The van der Waals surface area contributed by atoms with Gasteiger partial charge in [-0.25, -0.2) is 0 Å². The number of carbonyl (C=O) groups is 3. The Morgan fingerprint density at radius 1 is 1.23 bits per heavy atom. The van der Waals surface area contributed by atoms with Gasteiger partial charge in [-0.1, -0.05) is 68.7 Å². The van der Waals surface area contributed by atoms with E-state index in [1.54, 1.807) is 6.08 Å². The van der Waals surface area contributed by atoms with Crippen LogP contribution in [0.2, 0.25) is 10.0 Å². The Morgan fingerprint density at radius 3 is 2.56 bits per heavy atom. The Hall–Kier alpha value is -2.40. The Bertz CT molecular complexity index is 1460. The van der Waals surface area contributed by atoms with Crippen LogP contribution in [0.4, 0.5) is 5.95 Å². The van der Waals surface area contributed by atoms with Gasteiger partial charge in [0.2, 0.25) is 11.1 Å². The van der Waals surface area contributed by atoms with Crippen molar-refractivity contribution in [2.45, 2.75) is 77.2 Å². The SMILES string of the molecule is C=C[C@]1(C)C[C@@H](OC(=O)CSc2nc(N)n(C(=O)c3cc(Cl)cc(Cl)c3)n2)[C@]2(C)[C@H](C)CC[C@]3(CCC(=O)[C@H]32)[C@@H](C)[C@@H]1O.